The monoisotopic (exact) mass is 424 g/mol. The molecule has 0 atom stereocenters. The zero-order valence-corrected chi connectivity index (χ0v) is 17.4. The average Bonchev–Trinajstić information content (AvgIpc) is 3.15. The standard InChI is InChI=1S/C24H22Cl2N2O/c25-20-7-5-17(6-8-20)16-29-24-10-9-21(26)13-19(24)14-27-12-11-18-15-28-23-4-2-1-3-22(18)23/h1-10,13,15,27-28H,11-12,14,16H2. The second-order valence-electron chi connectivity index (χ2n) is 6.95. The number of hydrogen-bond acceptors (Lipinski definition) is 2. The minimum absolute atomic E-state index is 0.487. The lowest BCUT2D eigenvalue weighted by Gasteiger charge is -2.13. The van der Waals surface area contributed by atoms with Crippen molar-refractivity contribution < 1.29 is 4.74 Å². The second kappa shape index (κ2) is 9.36. The second-order valence-corrected chi connectivity index (χ2v) is 7.83. The Morgan fingerprint density at radius 2 is 1.66 bits per heavy atom. The van der Waals surface area contributed by atoms with E-state index in [1.54, 1.807) is 0 Å². The summed E-state index contributed by atoms with van der Waals surface area (Å²) in [5, 5.41) is 6.22. The zero-order chi connectivity index (χ0) is 20.1. The Balaban J connectivity index is 1.35. The van der Waals surface area contributed by atoms with Crippen molar-refractivity contribution in [3.8, 4) is 5.75 Å². The van der Waals surface area contributed by atoms with E-state index in [4.69, 9.17) is 27.9 Å². The summed E-state index contributed by atoms with van der Waals surface area (Å²) in [6, 6.07) is 21.8. The van der Waals surface area contributed by atoms with Crippen molar-refractivity contribution in [2.75, 3.05) is 6.54 Å². The summed E-state index contributed by atoms with van der Waals surface area (Å²) in [6.07, 6.45) is 3.04. The van der Waals surface area contributed by atoms with Crippen molar-refractivity contribution in [2.24, 2.45) is 0 Å². The lowest BCUT2D eigenvalue weighted by Crippen LogP contribution is -2.17. The third-order valence-corrected chi connectivity index (χ3v) is 5.38. The summed E-state index contributed by atoms with van der Waals surface area (Å²) >= 11 is 12.2. The SMILES string of the molecule is Clc1ccc(COc2ccc(Cl)cc2CNCCc2c[nH]c3ccccc23)cc1. The van der Waals surface area contributed by atoms with Gasteiger partial charge in [0.15, 0.2) is 0 Å². The Bertz CT molecular complexity index is 1090. The first-order valence-electron chi connectivity index (χ1n) is 9.60. The van der Waals surface area contributed by atoms with Crippen LogP contribution in [0.25, 0.3) is 10.9 Å². The molecule has 1 aromatic heterocycles. The van der Waals surface area contributed by atoms with Crippen LogP contribution in [0.1, 0.15) is 16.7 Å². The molecular weight excluding hydrogens is 403 g/mol. The summed E-state index contributed by atoms with van der Waals surface area (Å²) in [7, 11) is 0. The predicted molar refractivity (Wildman–Crippen MR) is 121 cm³/mol. The summed E-state index contributed by atoms with van der Waals surface area (Å²) in [5.41, 5.74) is 4.61. The molecule has 0 aliphatic carbocycles. The number of halogens is 2. The van der Waals surface area contributed by atoms with E-state index >= 15 is 0 Å². The van der Waals surface area contributed by atoms with Gasteiger partial charge in [0, 0.05) is 39.3 Å². The van der Waals surface area contributed by atoms with Crippen LogP contribution in [-0.4, -0.2) is 11.5 Å². The van der Waals surface area contributed by atoms with Crippen LogP contribution < -0.4 is 10.1 Å². The van der Waals surface area contributed by atoms with Crippen LogP contribution in [0.4, 0.5) is 0 Å². The first-order valence-corrected chi connectivity index (χ1v) is 10.4. The number of para-hydroxylation sites is 1. The van der Waals surface area contributed by atoms with Gasteiger partial charge in [-0.15, -0.1) is 0 Å². The third kappa shape index (κ3) is 5.13. The lowest BCUT2D eigenvalue weighted by molar-refractivity contribution is 0.302. The molecule has 29 heavy (non-hydrogen) atoms. The highest BCUT2D eigenvalue weighted by Crippen LogP contribution is 2.24. The van der Waals surface area contributed by atoms with Crippen LogP contribution in [0.5, 0.6) is 5.75 Å². The molecule has 4 aromatic rings. The molecule has 0 bridgehead atoms. The van der Waals surface area contributed by atoms with Gasteiger partial charge in [-0.1, -0.05) is 53.5 Å². The van der Waals surface area contributed by atoms with E-state index in [1.807, 2.05) is 48.5 Å². The van der Waals surface area contributed by atoms with Crippen LogP contribution >= 0.6 is 23.2 Å². The normalized spacial score (nSPS) is 11.1. The molecule has 148 valence electrons. The molecule has 0 saturated carbocycles. The van der Waals surface area contributed by atoms with Gasteiger partial charge in [-0.05, 0) is 60.5 Å². The van der Waals surface area contributed by atoms with Crippen molar-refractivity contribution in [3.63, 3.8) is 0 Å². The Morgan fingerprint density at radius 1 is 0.862 bits per heavy atom. The number of benzene rings is 3. The maximum atomic E-state index is 6.21. The molecule has 0 saturated heterocycles. The molecule has 0 aliphatic heterocycles. The number of aromatic amines is 1. The Hall–Kier alpha value is -2.46. The van der Waals surface area contributed by atoms with E-state index in [1.165, 1.54) is 16.5 Å². The van der Waals surface area contributed by atoms with Gasteiger partial charge in [0.2, 0.25) is 0 Å². The quantitative estimate of drug-likeness (QED) is 0.321. The first-order chi connectivity index (χ1) is 14.2. The summed E-state index contributed by atoms with van der Waals surface area (Å²) in [6.45, 7) is 2.05. The van der Waals surface area contributed by atoms with Crippen LogP contribution in [0.3, 0.4) is 0 Å². The number of H-pyrrole nitrogens is 1. The van der Waals surface area contributed by atoms with Gasteiger partial charge >= 0.3 is 0 Å². The van der Waals surface area contributed by atoms with E-state index in [-0.39, 0.29) is 0 Å². The average molecular weight is 425 g/mol. The largest absolute Gasteiger partial charge is 0.489 e. The maximum Gasteiger partial charge on any atom is 0.124 e. The summed E-state index contributed by atoms with van der Waals surface area (Å²) in [5.74, 6) is 0.837. The molecular formula is C24H22Cl2N2O. The molecule has 0 amide bonds. The Morgan fingerprint density at radius 3 is 2.52 bits per heavy atom. The lowest BCUT2D eigenvalue weighted by atomic mass is 10.1. The first kappa shape index (κ1) is 19.8. The molecule has 2 N–H and O–H groups in total. The van der Waals surface area contributed by atoms with E-state index < -0.39 is 0 Å². The maximum absolute atomic E-state index is 6.21. The van der Waals surface area contributed by atoms with Crippen LogP contribution in [-0.2, 0) is 19.6 Å². The van der Waals surface area contributed by atoms with Crippen molar-refractivity contribution in [3.05, 3.63) is 99.7 Å². The summed E-state index contributed by atoms with van der Waals surface area (Å²) in [4.78, 5) is 3.33. The summed E-state index contributed by atoms with van der Waals surface area (Å²) < 4.78 is 6.03. The van der Waals surface area contributed by atoms with Gasteiger partial charge in [0.05, 0.1) is 0 Å². The van der Waals surface area contributed by atoms with Crippen molar-refractivity contribution in [1.82, 2.24) is 10.3 Å². The molecule has 4 rings (SSSR count). The Labute approximate surface area is 180 Å². The zero-order valence-electron chi connectivity index (χ0n) is 15.9. The minimum Gasteiger partial charge on any atom is -0.489 e. The van der Waals surface area contributed by atoms with Crippen molar-refractivity contribution in [1.29, 1.82) is 0 Å². The molecule has 0 aliphatic rings. The van der Waals surface area contributed by atoms with Crippen molar-refractivity contribution in [2.45, 2.75) is 19.6 Å². The van der Waals surface area contributed by atoms with Crippen molar-refractivity contribution >= 4 is 34.1 Å². The fraction of sp³-hybridized carbons (Fsp3) is 0.167. The molecule has 0 radical (unpaired) electrons. The minimum atomic E-state index is 0.487. The van der Waals surface area contributed by atoms with Crippen LogP contribution in [0.15, 0.2) is 72.9 Å². The fourth-order valence-electron chi connectivity index (χ4n) is 3.35. The number of nitrogens with one attached hydrogen (secondary N) is 2. The van der Waals surface area contributed by atoms with Gasteiger partial charge in [-0.3, -0.25) is 0 Å². The van der Waals surface area contributed by atoms with E-state index in [9.17, 15) is 0 Å². The molecule has 0 spiro atoms. The van der Waals surface area contributed by atoms with Gasteiger partial charge < -0.3 is 15.0 Å². The van der Waals surface area contributed by atoms with E-state index in [2.05, 4.69) is 34.7 Å². The van der Waals surface area contributed by atoms with Gasteiger partial charge in [-0.2, -0.15) is 0 Å². The smallest absolute Gasteiger partial charge is 0.124 e. The molecule has 3 aromatic carbocycles. The molecule has 0 fully saturated rings. The van der Waals surface area contributed by atoms with Crippen LogP contribution in [0.2, 0.25) is 10.0 Å². The number of fused-ring (bicyclic) bond motifs is 1. The predicted octanol–water partition coefficient (Wildman–Crippen LogP) is 6.39. The van der Waals surface area contributed by atoms with Gasteiger partial charge in [0.1, 0.15) is 12.4 Å². The van der Waals surface area contributed by atoms with Crippen LogP contribution in [0, 0.1) is 0 Å². The number of hydrogen-bond donors (Lipinski definition) is 2. The topological polar surface area (TPSA) is 37.0 Å². The number of rotatable bonds is 8. The fourth-order valence-corrected chi connectivity index (χ4v) is 3.67. The highest BCUT2D eigenvalue weighted by molar-refractivity contribution is 6.30. The molecule has 5 heteroatoms. The number of ether oxygens (including phenoxy) is 1. The molecule has 1 heterocycles. The molecule has 0 unspecified atom stereocenters. The highest BCUT2D eigenvalue weighted by Gasteiger charge is 2.07. The number of aromatic nitrogens is 1. The Kier molecular flexibility index (Phi) is 6.40. The van der Waals surface area contributed by atoms with Gasteiger partial charge in [-0.25, -0.2) is 0 Å². The van der Waals surface area contributed by atoms with Gasteiger partial charge in [0.25, 0.3) is 0 Å². The highest BCUT2D eigenvalue weighted by atomic mass is 35.5. The van der Waals surface area contributed by atoms with E-state index in [0.29, 0.717) is 18.2 Å². The van der Waals surface area contributed by atoms with E-state index in [0.717, 1.165) is 34.9 Å². The third-order valence-electron chi connectivity index (χ3n) is 4.89. The molecule has 3 nitrogen and oxygen atoms in total.